The lowest BCUT2D eigenvalue weighted by atomic mass is 10.0. The minimum absolute atomic E-state index is 0. The van der Waals surface area contributed by atoms with Crippen molar-refractivity contribution in [3.8, 4) is 5.75 Å². The van der Waals surface area contributed by atoms with Crippen LogP contribution in [0.3, 0.4) is 0 Å². The van der Waals surface area contributed by atoms with Gasteiger partial charge in [0.05, 0.1) is 21.2 Å². The van der Waals surface area contributed by atoms with Crippen LogP contribution >= 0.6 is 0 Å². The summed E-state index contributed by atoms with van der Waals surface area (Å²) in [7, 11) is 5.23. The van der Waals surface area contributed by atoms with Crippen LogP contribution in [0.15, 0.2) is 47.3 Å². The molecule has 0 saturated carbocycles. The Hall–Kier alpha value is -2.59. The molecule has 0 spiro atoms. The average molecular weight is 357 g/mol. The third-order valence-electron chi connectivity index (χ3n) is 4.42. The molecule has 0 N–H and O–H groups in total. The molecule has 1 heterocycles. The first kappa shape index (κ1) is 18.7. The second kappa shape index (κ2) is 7.53. The molecule has 130 valence electrons. The molecule has 0 atom stereocenters. The Morgan fingerprint density at radius 1 is 1.12 bits per heavy atom. The van der Waals surface area contributed by atoms with Crippen molar-refractivity contribution in [3.63, 3.8) is 0 Å². The largest absolute Gasteiger partial charge is 1.00 e. The molecule has 3 rings (SSSR count). The molecule has 0 amide bonds. The Balaban J connectivity index is 0.00000225. The molecule has 3 aromatic rings. The molecule has 5 heteroatoms. The van der Waals surface area contributed by atoms with Crippen molar-refractivity contribution in [2.24, 2.45) is 14.1 Å². The number of aryl methyl sites for hydroxylation is 1. The van der Waals surface area contributed by atoms with Crippen LogP contribution in [-0.4, -0.2) is 11.7 Å². The zero-order valence-electron chi connectivity index (χ0n) is 14.8. The molecule has 0 radical (unpaired) electrons. The van der Waals surface area contributed by atoms with Gasteiger partial charge in [-0.05, 0) is 35.9 Å². The number of nitrogens with zero attached hydrogens (tertiary/aromatic N) is 2. The van der Waals surface area contributed by atoms with Crippen LogP contribution in [0.4, 0.5) is 0 Å². The summed E-state index contributed by atoms with van der Waals surface area (Å²) in [5.41, 5.74) is 2.74. The normalized spacial score (nSPS) is 10.9. The molecule has 0 bridgehead atoms. The molecule has 0 aliphatic rings. The lowest BCUT2D eigenvalue weighted by Crippen LogP contribution is -3.00. The van der Waals surface area contributed by atoms with E-state index in [9.17, 15) is 4.79 Å². The predicted molar refractivity (Wildman–Crippen MR) is 97.0 cm³/mol. The molecular weight excluding hydrogens is 336 g/mol. The van der Waals surface area contributed by atoms with E-state index < -0.39 is 0 Å². The van der Waals surface area contributed by atoms with Crippen LogP contribution in [0.5, 0.6) is 5.75 Å². The highest BCUT2D eigenvalue weighted by Crippen LogP contribution is 2.29. The standard InChI is InChI=1S/C20H21N2O2.ClH/c1-14-13-16(22(3)20(23)21(14)2)10-11-18-17-8-6-5-7-15(17)9-12-19(18)24-4;/h5-13H,1-4H3;1H/q+1;/p-1. The fourth-order valence-corrected chi connectivity index (χ4v) is 2.85. The Morgan fingerprint density at radius 3 is 2.56 bits per heavy atom. The molecule has 0 aliphatic heterocycles. The van der Waals surface area contributed by atoms with E-state index in [0.717, 1.165) is 33.5 Å². The number of fused-ring (bicyclic) bond motifs is 1. The van der Waals surface area contributed by atoms with Crippen LogP contribution in [0.2, 0.25) is 0 Å². The van der Waals surface area contributed by atoms with E-state index in [0.29, 0.717) is 0 Å². The highest BCUT2D eigenvalue weighted by atomic mass is 35.5. The Morgan fingerprint density at radius 2 is 1.84 bits per heavy atom. The van der Waals surface area contributed by atoms with Crippen molar-refractivity contribution in [1.29, 1.82) is 0 Å². The van der Waals surface area contributed by atoms with Gasteiger partial charge in [0.25, 0.3) is 0 Å². The fourth-order valence-electron chi connectivity index (χ4n) is 2.85. The topological polar surface area (TPSA) is 35.1 Å². The highest BCUT2D eigenvalue weighted by molar-refractivity contribution is 5.95. The molecule has 2 aromatic carbocycles. The van der Waals surface area contributed by atoms with E-state index in [1.807, 2.05) is 49.4 Å². The van der Waals surface area contributed by atoms with E-state index in [2.05, 4.69) is 12.1 Å². The Labute approximate surface area is 153 Å². The lowest BCUT2D eigenvalue weighted by Gasteiger charge is -2.09. The van der Waals surface area contributed by atoms with Crippen molar-refractivity contribution in [3.05, 3.63) is 69.9 Å². The van der Waals surface area contributed by atoms with Crippen LogP contribution in [-0.2, 0) is 14.1 Å². The number of halogens is 1. The van der Waals surface area contributed by atoms with Crippen molar-refractivity contribution < 1.29 is 21.7 Å². The van der Waals surface area contributed by atoms with Gasteiger partial charge in [0.2, 0.25) is 0 Å². The summed E-state index contributed by atoms with van der Waals surface area (Å²) in [6, 6.07) is 14.2. The molecule has 4 nitrogen and oxygen atoms in total. The number of ether oxygens (including phenoxy) is 1. The first-order valence-electron chi connectivity index (χ1n) is 7.83. The SMILES string of the molecule is COc1ccc2ccccc2c1C=Cc1cc(C)n(C)c(=O)[n+]1C.[Cl-]. The van der Waals surface area contributed by atoms with Crippen molar-refractivity contribution >= 4 is 22.9 Å². The fraction of sp³-hybridized carbons (Fsp3) is 0.200. The number of aromatic nitrogens is 2. The first-order chi connectivity index (χ1) is 11.5. The van der Waals surface area contributed by atoms with Crippen molar-refractivity contribution in [1.82, 2.24) is 4.57 Å². The Bertz CT molecular complexity index is 1010. The maximum Gasteiger partial charge on any atom is 0.498 e. The van der Waals surface area contributed by atoms with E-state index in [1.54, 1.807) is 30.3 Å². The highest BCUT2D eigenvalue weighted by Gasteiger charge is 2.12. The van der Waals surface area contributed by atoms with Crippen LogP contribution in [0.25, 0.3) is 22.9 Å². The molecular formula is C20H21ClN2O2. The Kier molecular flexibility index (Phi) is 5.65. The summed E-state index contributed by atoms with van der Waals surface area (Å²) >= 11 is 0. The molecule has 0 unspecified atom stereocenters. The van der Waals surface area contributed by atoms with Gasteiger partial charge in [0.1, 0.15) is 17.1 Å². The number of benzene rings is 2. The van der Waals surface area contributed by atoms with Gasteiger partial charge in [-0.2, -0.15) is 13.9 Å². The number of methoxy groups -OCH3 is 1. The summed E-state index contributed by atoms with van der Waals surface area (Å²) in [6.07, 6.45) is 3.97. The minimum Gasteiger partial charge on any atom is -1.00 e. The van der Waals surface area contributed by atoms with Gasteiger partial charge in [-0.3, -0.25) is 0 Å². The van der Waals surface area contributed by atoms with E-state index in [4.69, 9.17) is 4.74 Å². The zero-order valence-corrected chi connectivity index (χ0v) is 15.5. The molecule has 25 heavy (non-hydrogen) atoms. The van der Waals surface area contributed by atoms with Gasteiger partial charge in [0.15, 0.2) is 0 Å². The third kappa shape index (κ3) is 3.44. The van der Waals surface area contributed by atoms with E-state index in [-0.39, 0.29) is 18.1 Å². The summed E-state index contributed by atoms with van der Waals surface area (Å²) in [4.78, 5) is 12.2. The smallest absolute Gasteiger partial charge is 0.498 e. The number of hydrogen-bond donors (Lipinski definition) is 0. The van der Waals surface area contributed by atoms with Gasteiger partial charge in [-0.25, -0.2) is 0 Å². The maximum atomic E-state index is 12.2. The van der Waals surface area contributed by atoms with Gasteiger partial charge < -0.3 is 17.1 Å². The quantitative estimate of drug-likeness (QED) is 0.612. The molecule has 0 fully saturated rings. The monoisotopic (exact) mass is 356 g/mol. The second-order valence-corrected chi connectivity index (χ2v) is 5.85. The summed E-state index contributed by atoms with van der Waals surface area (Å²) in [5.74, 6) is 0.813. The van der Waals surface area contributed by atoms with Crippen LogP contribution in [0.1, 0.15) is 17.0 Å². The second-order valence-electron chi connectivity index (χ2n) is 5.85. The van der Waals surface area contributed by atoms with Crippen LogP contribution in [0, 0.1) is 6.92 Å². The van der Waals surface area contributed by atoms with Crippen molar-refractivity contribution in [2.45, 2.75) is 6.92 Å². The molecule has 0 aliphatic carbocycles. The number of rotatable bonds is 3. The molecule has 1 aromatic heterocycles. The van der Waals surface area contributed by atoms with E-state index in [1.165, 1.54) is 0 Å². The summed E-state index contributed by atoms with van der Waals surface area (Å²) in [5, 5.41) is 2.28. The van der Waals surface area contributed by atoms with Gasteiger partial charge >= 0.3 is 5.69 Å². The average Bonchev–Trinajstić information content (AvgIpc) is 2.61. The van der Waals surface area contributed by atoms with Gasteiger partial charge in [0, 0.05) is 11.6 Å². The summed E-state index contributed by atoms with van der Waals surface area (Å²) < 4.78 is 8.79. The maximum absolute atomic E-state index is 12.2. The van der Waals surface area contributed by atoms with Crippen molar-refractivity contribution in [2.75, 3.05) is 7.11 Å². The van der Waals surface area contributed by atoms with Gasteiger partial charge in [-0.1, -0.05) is 30.3 Å². The first-order valence-corrected chi connectivity index (χ1v) is 7.83. The minimum atomic E-state index is -0.0421. The lowest BCUT2D eigenvalue weighted by molar-refractivity contribution is -0.692. The molecule has 0 saturated heterocycles. The third-order valence-corrected chi connectivity index (χ3v) is 4.42. The number of hydrogen-bond acceptors (Lipinski definition) is 2. The van der Waals surface area contributed by atoms with Gasteiger partial charge in [-0.15, -0.1) is 0 Å². The van der Waals surface area contributed by atoms with E-state index >= 15 is 0 Å². The van der Waals surface area contributed by atoms with Crippen LogP contribution < -0.4 is 27.4 Å². The zero-order chi connectivity index (χ0) is 17.3. The predicted octanol–water partition coefficient (Wildman–Crippen LogP) is -0.146. The summed E-state index contributed by atoms with van der Waals surface area (Å²) in [6.45, 7) is 1.93.